The van der Waals surface area contributed by atoms with Crippen molar-refractivity contribution in [2.24, 2.45) is 0 Å². The molecule has 1 nitrogen and oxygen atoms in total. The molecule has 0 saturated carbocycles. The lowest BCUT2D eigenvalue weighted by Crippen LogP contribution is -2.17. The summed E-state index contributed by atoms with van der Waals surface area (Å²) >= 11 is 1.81. The molecule has 0 bridgehead atoms. The summed E-state index contributed by atoms with van der Waals surface area (Å²) < 4.78 is 0. The van der Waals surface area contributed by atoms with Gasteiger partial charge in [-0.25, -0.2) is 0 Å². The third-order valence-electron chi connectivity index (χ3n) is 3.15. The average Bonchev–Trinajstić information content (AvgIpc) is 2.84. The van der Waals surface area contributed by atoms with Crippen molar-refractivity contribution in [2.45, 2.75) is 33.4 Å². The fourth-order valence-corrected chi connectivity index (χ4v) is 2.58. The van der Waals surface area contributed by atoms with Gasteiger partial charge in [0.2, 0.25) is 0 Å². The van der Waals surface area contributed by atoms with E-state index in [0.717, 1.165) is 6.54 Å². The number of nitrogens with one attached hydrogen (secondary N) is 1. The van der Waals surface area contributed by atoms with Crippen LogP contribution in [0.4, 0.5) is 0 Å². The van der Waals surface area contributed by atoms with Crippen LogP contribution in [0.2, 0.25) is 0 Å². The number of thiophene rings is 1. The van der Waals surface area contributed by atoms with Gasteiger partial charge >= 0.3 is 0 Å². The molecule has 90 valence electrons. The second kappa shape index (κ2) is 5.48. The highest BCUT2D eigenvalue weighted by molar-refractivity contribution is 7.10. The Labute approximate surface area is 108 Å². The van der Waals surface area contributed by atoms with Gasteiger partial charge < -0.3 is 5.32 Å². The molecule has 0 aliphatic rings. The van der Waals surface area contributed by atoms with Gasteiger partial charge in [0.05, 0.1) is 0 Å². The summed E-state index contributed by atoms with van der Waals surface area (Å²) in [6.07, 6.45) is 0. The van der Waals surface area contributed by atoms with Crippen LogP contribution in [-0.2, 0) is 6.54 Å². The van der Waals surface area contributed by atoms with Gasteiger partial charge in [0, 0.05) is 17.5 Å². The summed E-state index contributed by atoms with van der Waals surface area (Å²) in [7, 11) is 0. The molecule has 17 heavy (non-hydrogen) atoms. The monoisotopic (exact) mass is 245 g/mol. The van der Waals surface area contributed by atoms with E-state index >= 15 is 0 Å². The molecule has 0 spiro atoms. The van der Waals surface area contributed by atoms with E-state index in [1.807, 2.05) is 11.3 Å². The molecule has 1 aromatic carbocycles. The molecule has 0 aliphatic carbocycles. The first-order valence-corrected chi connectivity index (χ1v) is 6.87. The minimum Gasteiger partial charge on any atom is -0.305 e. The summed E-state index contributed by atoms with van der Waals surface area (Å²) in [5.74, 6) is 0. The van der Waals surface area contributed by atoms with E-state index in [1.165, 1.54) is 21.6 Å². The molecule has 1 heterocycles. The number of aryl methyl sites for hydroxylation is 2. The van der Waals surface area contributed by atoms with Crippen LogP contribution >= 0.6 is 11.3 Å². The van der Waals surface area contributed by atoms with Gasteiger partial charge in [-0.05, 0) is 48.9 Å². The van der Waals surface area contributed by atoms with Gasteiger partial charge in [-0.3, -0.25) is 0 Å². The van der Waals surface area contributed by atoms with Crippen molar-refractivity contribution < 1.29 is 0 Å². The van der Waals surface area contributed by atoms with Crippen molar-refractivity contribution in [3.05, 3.63) is 57.3 Å². The van der Waals surface area contributed by atoms with E-state index in [9.17, 15) is 0 Å². The fourth-order valence-electron chi connectivity index (χ4n) is 1.82. The highest BCUT2D eigenvalue weighted by Crippen LogP contribution is 2.19. The van der Waals surface area contributed by atoms with Gasteiger partial charge in [-0.2, -0.15) is 0 Å². The molecule has 2 aromatic rings. The quantitative estimate of drug-likeness (QED) is 0.850. The molecule has 1 N–H and O–H groups in total. The number of hydrogen-bond donors (Lipinski definition) is 1. The van der Waals surface area contributed by atoms with Crippen LogP contribution in [0.25, 0.3) is 0 Å². The zero-order valence-electron chi connectivity index (χ0n) is 10.7. The first-order valence-electron chi connectivity index (χ1n) is 6.00. The molecule has 0 unspecified atom stereocenters. The molecule has 0 saturated heterocycles. The van der Waals surface area contributed by atoms with E-state index in [2.05, 4.69) is 61.8 Å². The standard InChI is InChI=1S/C15H19NS/c1-11-6-7-14(9-12(11)2)10-16-13(3)15-5-4-8-17-15/h4-9,13,16H,10H2,1-3H3/t13-/m1/s1. The molecule has 0 radical (unpaired) electrons. The molecular formula is C15H19NS. The van der Waals surface area contributed by atoms with Crippen molar-refractivity contribution in [3.63, 3.8) is 0 Å². The Hall–Kier alpha value is -1.12. The van der Waals surface area contributed by atoms with Crippen molar-refractivity contribution >= 4 is 11.3 Å². The van der Waals surface area contributed by atoms with Crippen molar-refractivity contribution in [1.29, 1.82) is 0 Å². The zero-order chi connectivity index (χ0) is 12.3. The highest BCUT2D eigenvalue weighted by atomic mass is 32.1. The van der Waals surface area contributed by atoms with Gasteiger partial charge in [-0.15, -0.1) is 11.3 Å². The number of benzene rings is 1. The fraction of sp³-hybridized carbons (Fsp3) is 0.333. The summed E-state index contributed by atoms with van der Waals surface area (Å²) in [6, 6.07) is 11.4. The maximum Gasteiger partial charge on any atom is 0.0388 e. The summed E-state index contributed by atoms with van der Waals surface area (Å²) in [6.45, 7) is 7.47. The van der Waals surface area contributed by atoms with Crippen molar-refractivity contribution in [2.75, 3.05) is 0 Å². The van der Waals surface area contributed by atoms with Gasteiger partial charge in [0.1, 0.15) is 0 Å². The smallest absolute Gasteiger partial charge is 0.0388 e. The molecule has 2 heteroatoms. The maximum absolute atomic E-state index is 3.56. The van der Waals surface area contributed by atoms with Crippen LogP contribution < -0.4 is 5.32 Å². The number of rotatable bonds is 4. The normalized spacial score (nSPS) is 12.6. The van der Waals surface area contributed by atoms with E-state index in [0.29, 0.717) is 6.04 Å². The minimum absolute atomic E-state index is 0.427. The van der Waals surface area contributed by atoms with Crippen molar-refractivity contribution in [1.82, 2.24) is 5.32 Å². The third-order valence-corrected chi connectivity index (χ3v) is 4.21. The Kier molecular flexibility index (Phi) is 3.97. The summed E-state index contributed by atoms with van der Waals surface area (Å²) in [5, 5.41) is 5.69. The van der Waals surface area contributed by atoms with Crippen LogP contribution in [0.15, 0.2) is 35.7 Å². The lowest BCUT2D eigenvalue weighted by atomic mass is 10.1. The average molecular weight is 245 g/mol. The Morgan fingerprint density at radius 3 is 2.65 bits per heavy atom. The van der Waals surface area contributed by atoms with Crippen LogP contribution in [0, 0.1) is 13.8 Å². The predicted molar refractivity (Wildman–Crippen MR) is 75.5 cm³/mol. The molecule has 2 rings (SSSR count). The summed E-state index contributed by atoms with van der Waals surface area (Å²) in [5.41, 5.74) is 4.09. The lowest BCUT2D eigenvalue weighted by molar-refractivity contribution is 0.582. The SMILES string of the molecule is Cc1ccc(CN[C@H](C)c2cccs2)cc1C. The maximum atomic E-state index is 3.56. The van der Waals surface area contributed by atoms with E-state index < -0.39 is 0 Å². The lowest BCUT2D eigenvalue weighted by Gasteiger charge is -2.13. The largest absolute Gasteiger partial charge is 0.305 e. The Bertz CT molecular complexity index is 474. The second-order valence-electron chi connectivity index (χ2n) is 4.54. The topological polar surface area (TPSA) is 12.0 Å². The molecule has 0 fully saturated rings. The van der Waals surface area contributed by atoms with Crippen molar-refractivity contribution in [3.8, 4) is 0 Å². The van der Waals surface area contributed by atoms with Gasteiger partial charge in [0.25, 0.3) is 0 Å². The van der Waals surface area contributed by atoms with Crippen LogP contribution in [0.5, 0.6) is 0 Å². The molecular weight excluding hydrogens is 226 g/mol. The number of hydrogen-bond acceptors (Lipinski definition) is 2. The minimum atomic E-state index is 0.427. The molecule has 1 aromatic heterocycles. The Balaban J connectivity index is 1.96. The predicted octanol–water partition coefficient (Wildman–Crippen LogP) is 4.22. The molecule has 0 amide bonds. The second-order valence-corrected chi connectivity index (χ2v) is 5.52. The van der Waals surface area contributed by atoms with Crippen LogP contribution in [0.1, 0.15) is 34.5 Å². The van der Waals surface area contributed by atoms with E-state index in [4.69, 9.17) is 0 Å². The molecule has 0 aliphatic heterocycles. The van der Waals surface area contributed by atoms with Crippen LogP contribution in [-0.4, -0.2) is 0 Å². The first-order chi connectivity index (χ1) is 8.16. The zero-order valence-corrected chi connectivity index (χ0v) is 11.5. The van der Waals surface area contributed by atoms with E-state index in [-0.39, 0.29) is 0 Å². The Morgan fingerprint density at radius 1 is 1.18 bits per heavy atom. The highest BCUT2D eigenvalue weighted by Gasteiger charge is 2.05. The first kappa shape index (κ1) is 12.3. The van der Waals surface area contributed by atoms with Gasteiger partial charge in [-0.1, -0.05) is 24.3 Å². The third kappa shape index (κ3) is 3.18. The van der Waals surface area contributed by atoms with Gasteiger partial charge in [0.15, 0.2) is 0 Å². The van der Waals surface area contributed by atoms with E-state index in [1.54, 1.807) is 0 Å². The summed E-state index contributed by atoms with van der Waals surface area (Å²) in [4.78, 5) is 1.40. The molecule has 1 atom stereocenters. The Morgan fingerprint density at radius 2 is 2.00 bits per heavy atom. The van der Waals surface area contributed by atoms with Crippen LogP contribution in [0.3, 0.4) is 0 Å².